The van der Waals surface area contributed by atoms with Gasteiger partial charge in [0.1, 0.15) is 16.8 Å². The number of rotatable bonds is 6. The molecule has 9 nitrogen and oxygen atoms in total. The molecule has 5 rings (SSSR count). The second kappa shape index (κ2) is 9.43. The molecule has 5 aromatic rings. The van der Waals surface area contributed by atoms with Crippen LogP contribution in [0.2, 0.25) is 0 Å². The fourth-order valence-corrected chi connectivity index (χ4v) is 5.48. The van der Waals surface area contributed by atoms with Crippen LogP contribution in [0.5, 0.6) is 0 Å². The smallest absolute Gasteiger partial charge is 0.267 e. The largest absolute Gasteiger partial charge is 0.310 e. The van der Waals surface area contributed by atoms with E-state index >= 15 is 0 Å². The van der Waals surface area contributed by atoms with E-state index in [9.17, 15) is 9.59 Å². The molecule has 4 heterocycles. The summed E-state index contributed by atoms with van der Waals surface area (Å²) >= 11 is 2.80. The van der Waals surface area contributed by atoms with Gasteiger partial charge in [0, 0.05) is 18.5 Å². The molecule has 0 unspecified atom stereocenters. The van der Waals surface area contributed by atoms with Crippen LogP contribution in [-0.2, 0) is 12.3 Å². The highest BCUT2D eigenvalue weighted by molar-refractivity contribution is 8.00. The molecule has 0 aliphatic carbocycles. The van der Waals surface area contributed by atoms with E-state index in [2.05, 4.69) is 20.5 Å². The Morgan fingerprint density at radius 3 is 2.71 bits per heavy atom. The standard InChI is InChI=1S/C24H21N7O2S2/c1-3-30-18(25)16(12-17-20(30)26-19-14(2)8-7-11-31(19)22(17)33)21(32)27-23-28-29-24(35-23)34-13-15-9-5-4-6-10-15/h4-12,25H,3,13H2,1-2H3,(H,27,28,32). The van der Waals surface area contributed by atoms with Crippen LogP contribution in [0.1, 0.15) is 28.4 Å². The van der Waals surface area contributed by atoms with Gasteiger partial charge in [-0.2, -0.15) is 0 Å². The highest BCUT2D eigenvalue weighted by Crippen LogP contribution is 2.28. The topological polar surface area (TPSA) is 118 Å². The minimum atomic E-state index is -0.524. The summed E-state index contributed by atoms with van der Waals surface area (Å²) in [6.45, 7) is 4.10. The predicted octanol–water partition coefficient (Wildman–Crippen LogP) is 3.85. The van der Waals surface area contributed by atoms with Gasteiger partial charge in [-0.3, -0.25) is 24.7 Å². The number of hydrogen-bond donors (Lipinski definition) is 2. The van der Waals surface area contributed by atoms with Crippen molar-refractivity contribution in [3.63, 3.8) is 0 Å². The fourth-order valence-electron chi connectivity index (χ4n) is 3.78. The van der Waals surface area contributed by atoms with Crippen LogP contribution in [-0.4, -0.2) is 30.1 Å². The summed E-state index contributed by atoms with van der Waals surface area (Å²) in [5, 5.41) is 20.2. The summed E-state index contributed by atoms with van der Waals surface area (Å²) in [6, 6.07) is 15.1. The average molecular weight is 504 g/mol. The Balaban J connectivity index is 1.47. The lowest BCUT2D eigenvalue weighted by molar-refractivity contribution is 0.102. The molecule has 11 heteroatoms. The van der Waals surface area contributed by atoms with Gasteiger partial charge >= 0.3 is 0 Å². The third kappa shape index (κ3) is 4.35. The number of benzene rings is 1. The zero-order valence-electron chi connectivity index (χ0n) is 19.0. The molecule has 0 atom stereocenters. The summed E-state index contributed by atoms with van der Waals surface area (Å²) in [5.41, 5.74) is 2.67. The molecule has 0 aliphatic heterocycles. The number of carbonyl (C=O) groups is 1. The molecule has 176 valence electrons. The molecule has 0 radical (unpaired) electrons. The number of fused-ring (bicyclic) bond motifs is 2. The number of amides is 1. The van der Waals surface area contributed by atoms with Crippen LogP contribution < -0.4 is 16.4 Å². The van der Waals surface area contributed by atoms with Gasteiger partial charge in [-0.05, 0) is 37.1 Å². The lowest BCUT2D eigenvalue weighted by Crippen LogP contribution is -2.31. The van der Waals surface area contributed by atoms with Crippen molar-refractivity contribution >= 4 is 50.8 Å². The van der Waals surface area contributed by atoms with Crippen molar-refractivity contribution in [3.8, 4) is 0 Å². The van der Waals surface area contributed by atoms with Crippen molar-refractivity contribution in [2.24, 2.45) is 0 Å². The molecule has 0 spiro atoms. The number of aryl methyl sites for hydroxylation is 2. The Morgan fingerprint density at radius 2 is 1.94 bits per heavy atom. The van der Waals surface area contributed by atoms with Crippen LogP contribution in [0, 0.1) is 12.3 Å². The molecule has 1 amide bonds. The monoisotopic (exact) mass is 503 g/mol. The van der Waals surface area contributed by atoms with E-state index in [1.54, 1.807) is 16.8 Å². The Labute approximate surface area is 208 Å². The van der Waals surface area contributed by atoms with Crippen molar-refractivity contribution in [1.82, 2.24) is 24.1 Å². The molecular weight excluding hydrogens is 482 g/mol. The van der Waals surface area contributed by atoms with Crippen molar-refractivity contribution in [3.05, 3.63) is 87.3 Å². The van der Waals surface area contributed by atoms with E-state index in [1.807, 2.05) is 50.2 Å². The number of nitrogens with one attached hydrogen (secondary N) is 2. The maximum Gasteiger partial charge on any atom is 0.267 e. The van der Waals surface area contributed by atoms with Crippen LogP contribution >= 0.6 is 23.1 Å². The third-order valence-electron chi connectivity index (χ3n) is 5.53. The van der Waals surface area contributed by atoms with Crippen molar-refractivity contribution < 1.29 is 4.79 Å². The van der Waals surface area contributed by atoms with Crippen LogP contribution in [0.3, 0.4) is 0 Å². The number of carbonyl (C=O) groups excluding carboxylic acids is 1. The minimum Gasteiger partial charge on any atom is -0.310 e. The maximum absolute atomic E-state index is 13.2. The number of anilines is 1. The summed E-state index contributed by atoms with van der Waals surface area (Å²) in [7, 11) is 0. The predicted molar refractivity (Wildman–Crippen MR) is 137 cm³/mol. The molecule has 0 bridgehead atoms. The van der Waals surface area contributed by atoms with Gasteiger partial charge in [-0.1, -0.05) is 59.5 Å². The van der Waals surface area contributed by atoms with Crippen molar-refractivity contribution in [1.29, 1.82) is 5.41 Å². The van der Waals surface area contributed by atoms with Gasteiger partial charge in [0.05, 0.1) is 10.9 Å². The number of pyridine rings is 2. The lowest BCUT2D eigenvalue weighted by atomic mass is 10.2. The molecule has 1 aromatic carbocycles. The Kier molecular flexibility index (Phi) is 6.18. The average Bonchev–Trinajstić information content (AvgIpc) is 3.31. The molecular formula is C24H21N7O2S2. The molecule has 35 heavy (non-hydrogen) atoms. The lowest BCUT2D eigenvalue weighted by Gasteiger charge is -2.13. The number of thioether (sulfide) groups is 1. The number of aromatic nitrogens is 5. The fraction of sp³-hybridized carbons (Fsp3) is 0.167. The molecule has 2 N–H and O–H groups in total. The van der Waals surface area contributed by atoms with Gasteiger partial charge in [-0.25, -0.2) is 4.98 Å². The second-order valence-corrected chi connectivity index (χ2v) is 9.99. The zero-order chi connectivity index (χ0) is 24.5. The van der Waals surface area contributed by atoms with Gasteiger partial charge in [-0.15, -0.1) is 10.2 Å². The summed E-state index contributed by atoms with van der Waals surface area (Å²) < 4.78 is 3.75. The molecule has 0 saturated carbocycles. The first kappa shape index (κ1) is 22.9. The summed E-state index contributed by atoms with van der Waals surface area (Å²) in [6.07, 6.45) is 1.65. The summed E-state index contributed by atoms with van der Waals surface area (Å²) in [5.74, 6) is 0.217. The van der Waals surface area contributed by atoms with E-state index in [0.717, 1.165) is 15.7 Å². The highest BCUT2D eigenvalue weighted by atomic mass is 32.2. The maximum atomic E-state index is 13.2. The van der Waals surface area contributed by atoms with E-state index in [-0.39, 0.29) is 22.0 Å². The van der Waals surface area contributed by atoms with Crippen LogP contribution in [0.15, 0.2) is 63.9 Å². The van der Waals surface area contributed by atoms with Gasteiger partial charge < -0.3 is 4.57 Å². The Bertz CT molecular complexity index is 1690. The SMILES string of the molecule is CCn1c(=N)c(C(=O)Nc2nnc(SCc3ccccc3)s2)cc2c(=O)n3cccc(C)c3nc21. The number of hydrogen-bond acceptors (Lipinski definition) is 8. The second-order valence-electron chi connectivity index (χ2n) is 7.79. The molecule has 0 saturated heterocycles. The van der Waals surface area contributed by atoms with E-state index in [0.29, 0.717) is 23.0 Å². The molecule has 4 aromatic heterocycles. The third-order valence-corrected chi connectivity index (χ3v) is 7.57. The van der Waals surface area contributed by atoms with Crippen LogP contribution in [0.4, 0.5) is 5.13 Å². The normalized spacial score (nSPS) is 11.3. The van der Waals surface area contributed by atoms with Gasteiger partial charge in [0.25, 0.3) is 11.5 Å². The highest BCUT2D eigenvalue weighted by Gasteiger charge is 2.19. The minimum absolute atomic E-state index is 0.0227. The quantitative estimate of drug-likeness (QED) is 0.206. The van der Waals surface area contributed by atoms with E-state index in [4.69, 9.17) is 5.41 Å². The first-order valence-corrected chi connectivity index (χ1v) is 12.7. The number of nitrogens with zero attached hydrogens (tertiary/aromatic N) is 5. The van der Waals surface area contributed by atoms with Crippen molar-refractivity contribution in [2.45, 2.75) is 30.5 Å². The van der Waals surface area contributed by atoms with Gasteiger partial charge in [0.2, 0.25) is 5.13 Å². The Hall–Kier alpha value is -3.83. The van der Waals surface area contributed by atoms with E-state index < -0.39 is 5.91 Å². The van der Waals surface area contributed by atoms with Gasteiger partial charge in [0.15, 0.2) is 4.34 Å². The molecule has 0 aliphatic rings. The first-order valence-electron chi connectivity index (χ1n) is 10.9. The zero-order valence-corrected chi connectivity index (χ0v) is 20.6. The first-order chi connectivity index (χ1) is 17.0. The van der Waals surface area contributed by atoms with E-state index in [1.165, 1.54) is 39.1 Å². The Morgan fingerprint density at radius 1 is 1.14 bits per heavy atom. The summed E-state index contributed by atoms with van der Waals surface area (Å²) in [4.78, 5) is 31.0. The van der Waals surface area contributed by atoms with Crippen molar-refractivity contribution in [2.75, 3.05) is 5.32 Å². The molecule has 0 fully saturated rings. The van der Waals surface area contributed by atoms with Crippen LogP contribution in [0.25, 0.3) is 16.7 Å².